The molecule has 2 saturated heterocycles. The summed E-state index contributed by atoms with van der Waals surface area (Å²) < 4.78 is 0. The highest BCUT2D eigenvalue weighted by atomic mass is 16.3. The fraction of sp³-hybridized carbons (Fsp3) is 0.619. The van der Waals surface area contributed by atoms with Crippen molar-refractivity contribution in [3.8, 4) is 5.75 Å². The second-order valence-electron chi connectivity index (χ2n) is 7.90. The molecule has 6 heteroatoms. The van der Waals surface area contributed by atoms with Crippen molar-refractivity contribution in [1.82, 2.24) is 15.1 Å². The van der Waals surface area contributed by atoms with Crippen LogP contribution in [0.3, 0.4) is 0 Å². The van der Waals surface area contributed by atoms with Crippen molar-refractivity contribution >= 4 is 11.8 Å². The van der Waals surface area contributed by atoms with E-state index < -0.39 is 5.41 Å². The Morgan fingerprint density at radius 2 is 1.96 bits per heavy atom. The summed E-state index contributed by atoms with van der Waals surface area (Å²) in [5.74, 6) is 0.489. The molecule has 148 valence electrons. The number of rotatable bonds is 5. The van der Waals surface area contributed by atoms with Crippen molar-refractivity contribution in [3.05, 3.63) is 29.8 Å². The number of hydrogen-bond donors (Lipinski definition) is 2. The number of phenols is 1. The largest absolute Gasteiger partial charge is 0.508 e. The first-order valence-corrected chi connectivity index (χ1v) is 10.0. The Morgan fingerprint density at radius 3 is 2.67 bits per heavy atom. The van der Waals surface area contributed by atoms with Gasteiger partial charge in [-0.3, -0.25) is 9.59 Å². The normalized spacial score (nSPS) is 25.7. The molecule has 0 aliphatic carbocycles. The second-order valence-corrected chi connectivity index (χ2v) is 7.90. The molecule has 2 heterocycles. The van der Waals surface area contributed by atoms with Gasteiger partial charge in [-0.05, 0) is 57.0 Å². The van der Waals surface area contributed by atoms with Gasteiger partial charge in [0.1, 0.15) is 5.75 Å². The minimum Gasteiger partial charge on any atom is -0.508 e. The number of amides is 2. The van der Waals surface area contributed by atoms with Crippen LogP contribution in [0.5, 0.6) is 5.75 Å². The molecule has 3 rings (SSSR count). The highest BCUT2D eigenvalue weighted by Gasteiger charge is 2.53. The SMILES string of the molecule is CCC(=O)N1CCC[C@@]2(C(=O)NCCc3ccc(O)cc3)CCN(C)C[C@H]12. The number of aromatic hydroxyl groups is 1. The van der Waals surface area contributed by atoms with E-state index in [9.17, 15) is 14.7 Å². The summed E-state index contributed by atoms with van der Waals surface area (Å²) in [5, 5.41) is 12.5. The Kier molecular flexibility index (Phi) is 6.05. The number of likely N-dealkylation sites (N-methyl/N-ethyl adjacent to an activating group) is 1. The quantitative estimate of drug-likeness (QED) is 0.825. The zero-order valence-electron chi connectivity index (χ0n) is 16.4. The standard InChI is InChI=1S/C21H31N3O3/c1-3-19(26)24-13-4-10-21(11-14-23(2)15-18(21)24)20(27)22-12-9-16-5-7-17(25)8-6-16/h5-8,18,25H,3-4,9-15H2,1-2H3,(H,22,27)/t18-,21+/m0/s1. The van der Waals surface area contributed by atoms with Crippen LogP contribution in [0.25, 0.3) is 0 Å². The minimum atomic E-state index is -0.468. The highest BCUT2D eigenvalue weighted by molar-refractivity contribution is 5.85. The number of hydrogen-bond acceptors (Lipinski definition) is 4. The number of nitrogens with zero attached hydrogens (tertiary/aromatic N) is 2. The number of carbonyl (C=O) groups is 2. The summed E-state index contributed by atoms with van der Waals surface area (Å²) in [7, 11) is 2.07. The van der Waals surface area contributed by atoms with Crippen molar-refractivity contribution in [2.75, 3.05) is 33.2 Å². The Labute approximate surface area is 161 Å². The Bertz CT molecular complexity index is 676. The lowest BCUT2D eigenvalue weighted by molar-refractivity contribution is -0.153. The van der Waals surface area contributed by atoms with Gasteiger partial charge >= 0.3 is 0 Å². The van der Waals surface area contributed by atoms with Gasteiger partial charge in [-0.2, -0.15) is 0 Å². The number of piperidine rings is 2. The predicted molar refractivity (Wildman–Crippen MR) is 104 cm³/mol. The fourth-order valence-corrected chi connectivity index (χ4v) is 4.57. The highest BCUT2D eigenvalue weighted by Crippen LogP contribution is 2.42. The first kappa shape index (κ1) is 19.7. The maximum absolute atomic E-state index is 13.3. The number of fused-ring (bicyclic) bond motifs is 1. The zero-order valence-corrected chi connectivity index (χ0v) is 16.4. The van der Waals surface area contributed by atoms with E-state index in [2.05, 4.69) is 17.3 Å². The van der Waals surface area contributed by atoms with Gasteiger partial charge in [0, 0.05) is 26.1 Å². The molecule has 1 aromatic carbocycles. The molecular formula is C21H31N3O3. The topological polar surface area (TPSA) is 72.9 Å². The lowest BCUT2D eigenvalue weighted by atomic mass is 9.67. The van der Waals surface area contributed by atoms with Crippen LogP contribution in [-0.4, -0.2) is 66.0 Å². The molecule has 2 N–H and O–H groups in total. The molecule has 2 atom stereocenters. The summed E-state index contributed by atoms with van der Waals surface area (Å²) in [6.07, 6.45) is 3.75. The Balaban J connectivity index is 1.69. The van der Waals surface area contributed by atoms with E-state index in [1.165, 1.54) is 0 Å². The van der Waals surface area contributed by atoms with Crippen LogP contribution in [0, 0.1) is 5.41 Å². The van der Waals surface area contributed by atoms with E-state index in [1.54, 1.807) is 12.1 Å². The van der Waals surface area contributed by atoms with Crippen LogP contribution >= 0.6 is 0 Å². The van der Waals surface area contributed by atoms with E-state index >= 15 is 0 Å². The summed E-state index contributed by atoms with van der Waals surface area (Å²) in [6.45, 7) is 4.86. The van der Waals surface area contributed by atoms with Gasteiger partial charge in [0.15, 0.2) is 0 Å². The van der Waals surface area contributed by atoms with Crippen LogP contribution in [-0.2, 0) is 16.0 Å². The number of phenolic OH excluding ortho intramolecular Hbond substituents is 1. The third-order valence-corrected chi connectivity index (χ3v) is 6.17. The van der Waals surface area contributed by atoms with E-state index in [0.717, 1.165) is 50.9 Å². The molecule has 0 bridgehead atoms. The van der Waals surface area contributed by atoms with Gasteiger partial charge in [-0.15, -0.1) is 0 Å². The van der Waals surface area contributed by atoms with Crippen LogP contribution in [0.15, 0.2) is 24.3 Å². The molecule has 6 nitrogen and oxygen atoms in total. The van der Waals surface area contributed by atoms with Gasteiger partial charge in [0.05, 0.1) is 11.5 Å². The number of carbonyl (C=O) groups excluding carboxylic acids is 2. The third-order valence-electron chi connectivity index (χ3n) is 6.17. The minimum absolute atomic E-state index is 0.0360. The van der Waals surface area contributed by atoms with Gasteiger partial charge in [-0.1, -0.05) is 19.1 Å². The van der Waals surface area contributed by atoms with Gasteiger partial charge in [0.2, 0.25) is 11.8 Å². The zero-order chi connectivity index (χ0) is 19.4. The lowest BCUT2D eigenvalue weighted by Gasteiger charge is -2.53. The van der Waals surface area contributed by atoms with Crippen LogP contribution < -0.4 is 5.32 Å². The van der Waals surface area contributed by atoms with Gasteiger partial charge in [0.25, 0.3) is 0 Å². The monoisotopic (exact) mass is 373 g/mol. The van der Waals surface area contributed by atoms with Crippen LogP contribution in [0.2, 0.25) is 0 Å². The molecule has 0 spiro atoms. The first-order chi connectivity index (χ1) is 13.0. The first-order valence-electron chi connectivity index (χ1n) is 10.0. The maximum Gasteiger partial charge on any atom is 0.228 e. The molecule has 0 unspecified atom stereocenters. The molecule has 0 radical (unpaired) electrons. The van der Waals surface area contributed by atoms with Crippen molar-refractivity contribution in [3.63, 3.8) is 0 Å². The van der Waals surface area contributed by atoms with Crippen molar-refractivity contribution < 1.29 is 14.7 Å². The molecule has 2 aliphatic heterocycles. The van der Waals surface area contributed by atoms with Crippen LogP contribution in [0.1, 0.15) is 38.2 Å². The third kappa shape index (κ3) is 4.10. The number of likely N-dealkylation sites (tertiary alicyclic amines) is 2. The number of nitrogens with one attached hydrogen (secondary N) is 1. The molecule has 2 aliphatic rings. The van der Waals surface area contributed by atoms with E-state index in [0.29, 0.717) is 13.0 Å². The molecular weight excluding hydrogens is 342 g/mol. The Morgan fingerprint density at radius 1 is 1.22 bits per heavy atom. The molecule has 2 amide bonds. The maximum atomic E-state index is 13.3. The van der Waals surface area contributed by atoms with Gasteiger partial charge in [-0.25, -0.2) is 0 Å². The fourth-order valence-electron chi connectivity index (χ4n) is 4.57. The van der Waals surface area contributed by atoms with Crippen LogP contribution in [0.4, 0.5) is 0 Å². The molecule has 0 aromatic heterocycles. The van der Waals surface area contributed by atoms with Crippen molar-refractivity contribution in [2.24, 2.45) is 5.41 Å². The lowest BCUT2D eigenvalue weighted by Crippen LogP contribution is -2.66. The molecule has 1 aromatic rings. The number of benzene rings is 1. The van der Waals surface area contributed by atoms with E-state index in [-0.39, 0.29) is 23.6 Å². The summed E-state index contributed by atoms with van der Waals surface area (Å²) in [5.41, 5.74) is 0.613. The summed E-state index contributed by atoms with van der Waals surface area (Å²) >= 11 is 0. The molecule has 27 heavy (non-hydrogen) atoms. The molecule has 2 fully saturated rings. The van der Waals surface area contributed by atoms with E-state index in [4.69, 9.17) is 0 Å². The van der Waals surface area contributed by atoms with Crippen molar-refractivity contribution in [2.45, 2.75) is 45.1 Å². The molecule has 0 saturated carbocycles. The predicted octanol–water partition coefficient (Wildman–Crippen LogP) is 1.77. The van der Waals surface area contributed by atoms with Gasteiger partial charge < -0.3 is 20.2 Å². The van der Waals surface area contributed by atoms with E-state index in [1.807, 2.05) is 24.0 Å². The van der Waals surface area contributed by atoms with Crippen molar-refractivity contribution in [1.29, 1.82) is 0 Å². The Hall–Kier alpha value is -2.08. The second kappa shape index (κ2) is 8.30. The summed E-state index contributed by atoms with van der Waals surface area (Å²) in [4.78, 5) is 29.9. The smallest absolute Gasteiger partial charge is 0.228 e. The summed E-state index contributed by atoms with van der Waals surface area (Å²) in [6, 6.07) is 7.04. The average molecular weight is 373 g/mol. The average Bonchev–Trinajstić information content (AvgIpc) is 2.68.